The zero-order valence-electron chi connectivity index (χ0n) is 28.0. The number of fused-ring (bicyclic) bond motifs is 1. The Morgan fingerprint density at radius 2 is 1.57 bits per heavy atom. The molecule has 2 rings (SSSR count). The second-order valence-electron chi connectivity index (χ2n) is 11.5. The van der Waals surface area contributed by atoms with Crippen molar-refractivity contribution in [3.63, 3.8) is 0 Å². The Bertz CT molecular complexity index is 910. The molecule has 1 unspecified atom stereocenters. The van der Waals surface area contributed by atoms with Gasteiger partial charge in [0, 0.05) is 37.6 Å². The van der Waals surface area contributed by atoms with Crippen molar-refractivity contribution in [1.82, 2.24) is 15.1 Å². The average Bonchev–Trinajstić information content (AvgIpc) is 3.01. The van der Waals surface area contributed by atoms with Gasteiger partial charge < -0.3 is 33.9 Å². The molecular formula is C32H57N3O8S. The Balaban J connectivity index is 2.19. The Labute approximate surface area is 269 Å². The fourth-order valence-corrected chi connectivity index (χ4v) is 7.08. The highest BCUT2D eigenvalue weighted by Crippen LogP contribution is 2.42. The molecule has 44 heavy (non-hydrogen) atoms. The lowest BCUT2D eigenvalue weighted by atomic mass is 9.81. The van der Waals surface area contributed by atoms with Crippen molar-refractivity contribution >= 4 is 29.7 Å². The maximum atomic E-state index is 14.2. The maximum absolute atomic E-state index is 14.2. The number of amides is 3. The summed E-state index contributed by atoms with van der Waals surface area (Å²) in [5.41, 5.74) is 0.456. The van der Waals surface area contributed by atoms with Crippen molar-refractivity contribution in [3.8, 4) is 0 Å². The van der Waals surface area contributed by atoms with Crippen molar-refractivity contribution in [3.05, 3.63) is 11.5 Å². The molecule has 0 saturated carbocycles. The fourth-order valence-electron chi connectivity index (χ4n) is 5.78. The minimum Gasteiger partial charge on any atom is -0.393 e. The smallest absolute Gasteiger partial charge is 0.393 e. The van der Waals surface area contributed by atoms with Crippen molar-refractivity contribution in [2.24, 2.45) is 0 Å². The van der Waals surface area contributed by atoms with Gasteiger partial charge in [0.15, 0.2) is 0 Å². The van der Waals surface area contributed by atoms with Crippen LogP contribution in [0.25, 0.3) is 0 Å². The van der Waals surface area contributed by atoms with Gasteiger partial charge in [0.05, 0.1) is 33.0 Å². The molecule has 0 aliphatic carbocycles. The molecule has 1 N–H and O–H groups in total. The van der Waals surface area contributed by atoms with Gasteiger partial charge in [0.2, 0.25) is 11.8 Å². The molecule has 1 fully saturated rings. The molecule has 0 aromatic rings. The summed E-state index contributed by atoms with van der Waals surface area (Å²) in [6, 6.07) is -0.726. The molecule has 11 nitrogen and oxygen atoms in total. The van der Waals surface area contributed by atoms with E-state index in [2.05, 4.69) is 33.0 Å². The normalized spacial score (nSPS) is 18.2. The number of hydrogen-bond acceptors (Lipinski definition) is 9. The molecule has 0 aromatic heterocycles. The summed E-state index contributed by atoms with van der Waals surface area (Å²) in [7, 11) is 3.18. The lowest BCUT2D eigenvalue weighted by Gasteiger charge is -2.50. The van der Waals surface area contributed by atoms with E-state index in [1.54, 1.807) is 14.2 Å². The third-order valence-corrected chi connectivity index (χ3v) is 9.42. The summed E-state index contributed by atoms with van der Waals surface area (Å²) in [4.78, 5) is 43.6. The number of carbonyl (C=O) groups excluding carboxylic acids is 3. The standard InChI is InChI=1S/C32H57N3O8S/c1-7-11-15-32(14-10-4,16-12-8-2)34(17-13-9-3)31(38)43-29-25(22-40-6)24-44-30-27(28(37)35(29)30)33-26(36)23-42-21-20-41-19-18-39-5/h27,30H,7-24H2,1-6H3,(H,33,36)/t27-,30?/m1/s1. The monoisotopic (exact) mass is 643 g/mol. The first-order chi connectivity index (χ1) is 21.3. The van der Waals surface area contributed by atoms with Crippen LogP contribution in [0.5, 0.6) is 0 Å². The summed E-state index contributed by atoms with van der Waals surface area (Å²) in [5.74, 6) is 0.0747. The van der Waals surface area contributed by atoms with Crippen molar-refractivity contribution < 1.29 is 38.1 Å². The third-order valence-electron chi connectivity index (χ3n) is 8.08. The van der Waals surface area contributed by atoms with E-state index < -0.39 is 12.1 Å². The highest BCUT2D eigenvalue weighted by Gasteiger charge is 2.54. The Hall–Kier alpha value is -1.86. The minimum absolute atomic E-state index is 0.178. The number of methoxy groups -OCH3 is 2. The fraction of sp³-hybridized carbons (Fsp3) is 0.844. The van der Waals surface area contributed by atoms with Crippen molar-refractivity contribution in [2.45, 2.75) is 109 Å². The minimum atomic E-state index is -0.726. The van der Waals surface area contributed by atoms with E-state index in [-0.39, 0.29) is 48.4 Å². The first-order valence-electron chi connectivity index (χ1n) is 16.4. The molecule has 0 bridgehead atoms. The molecule has 3 amide bonds. The van der Waals surface area contributed by atoms with E-state index in [1.165, 1.54) is 16.7 Å². The maximum Gasteiger partial charge on any atom is 0.416 e. The molecule has 0 radical (unpaired) electrons. The Morgan fingerprint density at radius 3 is 2.18 bits per heavy atom. The van der Waals surface area contributed by atoms with Crippen molar-refractivity contribution in [1.29, 1.82) is 0 Å². The summed E-state index contributed by atoms with van der Waals surface area (Å²) >= 11 is 1.52. The second-order valence-corrected chi connectivity index (χ2v) is 12.6. The first kappa shape index (κ1) is 38.3. The molecule has 2 atom stereocenters. The van der Waals surface area contributed by atoms with Crippen LogP contribution in [0.4, 0.5) is 4.79 Å². The molecule has 2 aliphatic heterocycles. The summed E-state index contributed by atoms with van der Waals surface area (Å²) in [6.45, 7) is 10.9. The molecule has 12 heteroatoms. The second kappa shape index (κ2) is 21.0. The number of hydrogen-bond donors (Lipinski definition) is 1. The zero-order chi connectivity index (χ0) is 32.4. The number of ether oxygens (including phenoxy) is 5. The van der Waals surface area contributed by atoms with Crippen LogP contribution < -0.4 is 5.32 Å². The highest BCUT2D eigenvalue weighted by molar-refractivity contribution is 8.00. The van der Waals surface area contributed by atoms with E-state index in [1.807, 2.05) is 4.90 Å². The summed E-state index contributed by atoms with van der Waals surface area (Å²) < 4.78 is 27.3. The van der Waals surface area contributed by atoms with E-state index >= 15 is 0 Å². The Kier molecular flexibility index (Phi) is 18.3. The van der Waals surface area contributed by atoms with E-state index in [0.717, 1.165) is 69.8 Å². The zero-order valence-corrected chi connectivity index (χ0v) is 28.8. The number of unbranched alkanes of at least 4 members (excludes halogenated alkanes) is 3. The highest BCUT2D eigenvalue weighted by atomic mass is 32.2. The van der Waals surface area contributed by atoms with E-state index in [0.29, 0.717) is 32.1 Å². The van der Waals surface area contributed by atoms with Crippen LogP contribution in [0.15, 0.2) is 11.5 Å². The van der Waals surface area contributed by atoms with Gasteiger partial charge in [-0.05, 0) is 25.7 Å². The van der Waals surface area contributed by atoms with Gasteiger partial charge in [-0.1, -0.05) is 66.2 Å². The molecule has 2 aliphatic rings. The molecular weight excluding hydrogens is 586 g/mol. The number of thioether (sulfide) groups is 1. The summed E-state index contributed by atoms with van der Waals surface area (Å²) in [6.07, 6.45) is 9.34. The first-order valence-corrected chi connectivity index (χ1v) is 17.5. The number of nitrogens with zero attached hydrogens (tertiary/aromatic N) is 2. The molecule has 0 aromatic carbocycles. The largest absolute Gasteiger partial charge is 0.416 e. The van der Waals surface area contributed by atoms with Gasteiger partial charge in [0.25, 0.3) is 5.91 Å². The van der Waals surface area contributed by atoms with E-state index in [4.69, 9.17) is 23.7 Å². The van der Waals surface area contributed by atoms with Gasteiger partial charge in [0.1, 0.15) is 18.0 Å². The third kappa shape index (κ3) is 10.9. The predicted octanol–water partition coefficient (Wildman–Crippen LogP) is 5.08. The van der Waals surface area contributed by atoms with Gasteiger partial charge in [-0.15, -0.1) is 11.8 Å². The van der Waals surface area contributed by atoms with Crippen LogP contribution in [0.2, 0.25) is 0 Å². The van der Waals surface area contributed by atoms with Gasteiger partial charge in [-0.25, -0.2) is 4.79 Å². The van der Waals surface area contributed by atoms with Gasteiger partial charge in [-0.3, -0.25) is 14.5 Å². The summed E-state index contributed by atoms with van der Waals surface area (Å²) in [5, 5.41) is 2.42. The van der Waals surface area contributed by atoms with Crippen LogP contribution in [-0.4, -0.2) is 111 Å². The van der Waals surface area contributed by atoms with Gasteiger partial charge >= 0.3 is 6.09 Å². The lowest BCUT2D eigenvalue weighted by Crippen LogP contribution is -2.70. The molecule has 254 valence electrons. The molecule has 0 spiro atoms. The van der Waals surface area contributed by atoms with Crippen LogP contribution in [0.3, 0.4) is 0 Å². The SMILES string of the molecule is CCCCN(C(=O)OC1=C(COC)CSC2[C@H](NC(=O)COCCOCCOC)C(=O)N12)C(CCC)(CCCC)CCCC. The van der Waals surface area contributed by atoms with Crippen molar-refractivity contribution in [2.75, 3.05) is 66.2 Å². The van der Waals surface area contributed by atoms with Crippen LogP contribution in [0, 0.1) is 0 Å². The van der Waals surface area contributed by atoms with Gasteiger partial charge in [-0.2, -0.15) is 0 Å². The predicted molar refractivity (Wildman–Crippen MR) is 172 cm³/mol. The average molecular weight is 644 g/mol. The quantitative estimate of drug-likeness (QED) is 0.114. The van der Waals surface area contributed by atoms with Crippen LogP contribution in [-0.2, 0) is 33.3 Å². The van der Waals surface area contributed by atoms with Crippen LogP contribution in [0.1, 0.15) is 91.9 Å². The number of β-lactam (4-membered cyclic amide) rings is 1. The topological polar surface area (TPSA) is 116 Å². The number of rotatable bonds is 24. The number of nitrogens with one attached hydrogen (secondary N) is 1. The molecule has 2 heterocycles. The molecule has 1 saturated heterocycles. The van der Waals surface area contributed by atoms with E-state index in [9.17, 15) is 14.4 Å². The van der Waals surface area contributed by atoms with Crippen LogP contribution >= 0.6 is 11.8 Å². The number of carbonyl (C=O) groups is 3. The lowest BCUT2D eigenvalue weighted by molar-refractivity contribution is -0.150. The Morgan fingerprint density at radius 1 is 0.909 bits per heavy atom.